The Labute approximate surface area is 335 Å². The number of fused-ring (bicyclic) bond motifs is 3. The van der Waals surface area contributed by atoms with Gasteiger partial charge in [0, 0.05) is 29.0 Å². The minimum Gasteiger partial charge on any atom is -0.507 e. The Morgan fingerprint density at radius 3 is 2.05 bits per heavy atom. The lowest BCUT2D eigenvalue weighted by Crippen LogP contribution is -2.17. The lowest BCUT2D eigenvalue weighted by molar-refractivity contribution is 0.446. The SMILES string of the molecule is Cc1cc(-c2cccc3c2nc(-c2cc(C(C)(C)C)cc(C(C)(C)C)c2O)n3-c2ccc(C(C)(C)C)cc2-c2ccccc2)cc2c1Oc1ccc3ccnc-2n13. The third kappa shape index (κ3) is 6.01. The topological polar surface area (TPSA) is 64.6 Å². The molecule has 3 aromatic heterocycles. The summed E-state index contributed by atoms with van der Waals surface area (Å²) in [6.45, 7) is 22.0. The number of ether oxygens (including phenoxy) is 1. The molecule has 286 valence electrons. The van der Waals surface area contributed by atoms with Crippen molar-refractivity contribution in [2.75, 3.05) is 0 Å². The Bertz CT molecular complexity index is 2890. The van der Waals surface area contributed by atoms with E-state index < -0.39 is 0 Å². The van der Waals surface area contributed by atoms with Gasteiger partial charge in [-0.2, -0.15) is 0 Å². The molecule has 0 saturated heterocycles. The van der Waals surface area contributed by atoms with Gasteiger partial charge in [-0.25, -0.2) is 9.97 Å². The van der Waals surface area contributed by atoms with E-state index in [0.29, 0.717) is 11.4 Å². The quantitative estimate of drug-likeness (QED) is 0.195. The number of phenolic OH excluding ortho intramolecular Hbond substituents is 1. The van der Waals surface area contributed by atoms with Crippen LogP contribution in [0, 0.1) is 6.92 Å². The molecule has 0 unspecified atom stereocenters. The van der Waals surface area contributed by atoms with Gasteiger partial charge >= 0.3 is 0 Å². The van der Waals surface area contributed by atoms with E-state index in [1.807, 2.05) is 18.3 Å². The van der Waals surface area contributed by atoms with Crippen LogP contribution in [0.2, 0.25) is 0 Å². The fraction of sp³-hybridized carbons (Fsp3) is 0.255. The van der Waals surface area contributed by atoms with Crippen LogP contribution in [0.15, 0.2) is 115 Å². The number of phenols is 1. The summed E-state index contributed by atoms with van der Waals surface area (Å²) in [5.41, 5.74) is 13.4. The number of aromatic nitrogens is 4. The summed E-state index contributed by atoms with van der Waals surface area (Å²) in [5, 5.41) is 12.4. The summed E-state index contributed by atoms with van der Waals surface area (Å²) in [4.78, 5) is 10.5. The van der Waals surface area contributed by atoms with Gasteiger partial charge in [-0.15, -0.1) is 0 Å². The number of aryl methyl sites for hydroxylation is 1. The molecule has 4 heterocycles. The molecular weight excluding hydrogens is 701 g/mol. The second-order valence-corrected chi connectivity index (χ2v) is 18.7. The zero-order valence-corrected chi connectivity index (χ0v) is 34.6. The number of aromatic hydroxyl groups is 1. The first-order chi connectivity index (χ1) is 27.0. The van der Waals surface area contributed by atoms with Crippen molar-refractivity contribution in [3.8, 4) is 68.1 Å². The summed E-state index contributed by atoms with van der Waals surface area (Å²) in [7, 11) is 0. The second-order valence-electron chi connectivity index (χ2n) is 18.7. The molecule has 0 bridgehead atoms. The lowest BCUT2D eigenvalue weighted by Gasteiger charge is -2.28. The highest BCUT2D eigenvalue weighted by molar-refractivity contribution is 5.98. The van der Waals surface area contributed by atoms with E-state index >= 15 is 0 Å². The third-order valence-electron chi connectivity index (χ3n) is 11.5. The Kier molecular flexibility index (Phi) is 8.12. The molecule has 1 N–H and O–H groups in total. The maximum atomic E-state index is 12.4. The van der Waals surface area contributed by atoms with Crippen molar-refractivity contribution < 1.29 is 9.84 Å². The van der Waals surface area contributed by atoms with E-state index in [4.69, 9.17) is 14.7 Å². The van der Waals surface area contributed by atoms with Crippen LogP contribution >= 0.6 is 0 Å². The van der Waals surface area contributed by atoms with Crippen LogP contribution in [0.4, 0.5) is 0 Å². The van der Waals surface area contributed by atoms with Crippen molar-refractivity contribution >= 4 is 16.6 Å². The van der Waals surface area contributed by atoms with Crippen LogP contribution in [0.5, 0.6) is 17.4 Å². The normalized spacial score (nSPS) is 12.9. The first-order valence-electron chi connectivity index (χ1n) is 19.9. The fourth-order valence-electron chi connectivity index (χ4n) is 8.25. The number of para-hydroxylation sites is 1. The largest absolute Gasteiger partial charge is 0.507 e. The van der Waals surface area contributed by atoms with Gasteiger partial charge in [-0.05, 0) is 99.5 Å². The number of rotatable bonds is 4. The monoisotopic (exact) mass is 750 g/mol. The number of nitrogens with zero attached hydrogens (tertiary/aromatic N) is 4. The molecule has 1 aliphatic rings. The summed E-state index contributed by atoms with van der Waals surface area (Å²) < 4.78 is 10.8. The van der Waals surface area contributed by atoms with E-state index in [0.717, 1.165) is 84.2 Å². The Hall–Kier alpha value is -6.14. The Morgan fingerprint density at radius 1 is 0.596 bits per heavy atom. The Balaban J connectivity index is 1.38. The van der Waals surface area contributed by atoms with Crippen molar-refractivity contribution in [2.45, 2.75) is 85.5 Å². The third-order valence-corrected chi connectivity index (χ3v) is 11.5. The van der Waals surface area contributed by atoms with Crippen LogP contribution in [0.25, 0.3) is 67.3 Å². The average molecular weight is 751 g/mol. The minimum absolute atomic E-state index is 0.0649. The van der Waals surface area contributed by atoms with E-state index in [1.165, 1.54) is 5.56 Å². The Morgan fingerprint density at radius 2 is 1.33 bits per heavy atom. The molecule has 5 aromatic carbocycles. The van der Waals surface area contributed by atoms with Gasteiger partial charge in [0.15, 0.2) is 5.82 Å². The van der Waals surface area contributed by atoms with Crippen molar-refractivity contribution in [3.05, 3.63) is 138 Å². The van der Waals surface area contributed by atoms with Gasteiger partial charge in [0.05, 0.1) is 33.4 Å². The molecule has 1 aliphatic heterocycles. The van der Waals surface area contributed by atoms with Gasteiger partial charge in [0.25, 0.3) is 0 Å². The van der Waals surface area contributed by atoms with Crippen molar-refractivity contribution in [2.24, 2.45) is 0 Å². The van der Waals surface area contributed by atoms with Crippen LogP contribution < -0.4 is 4.74 Å². The molecule has 8 aromatic rings. The van der Waals surface area contributed by atoms with Crippen LogP contribution in [-0.4, -0.2) is 24.0 Å². The zero-order valence-electron chi connectivity index (χ0n) is 34.6. The lowest BCUT2D eigenvalue weighted by atomic mass is 9.79. The summed E-state index contributed by atoms with van der Waals surface area (Å²) in [6.07, 6.45) is 1.86. The van der Waals surface area contributed by atoms with Gasteiger partial charge in [-0.1, -0.05) is 117 Å². The molecule has 0 atom stereocenters. The minimum atomic E-state index is -0.315. The first kappa shape index (κ1) is 36.5. The molecular formula is C51H50N4O2. The van der Waals surface area contributed by atoms with Crippen molar-refractivity contribution in [1.82, 2.24) is 18.9 Å². The molecule has 0 aliphatic carbocycles. The van der Waals surface area contributed by atoms with Gasteiger partial charge in [-0.3, -0.25) is 8.97 Å². The molecule has 0 saturated carbocycles. The average Bonchev–Trinajstić information content (AvgIpc) is 3.76. The van der Waals surface area contributed by atoms with Gasteiger partial charge in [0.2, 0.25) is 5.88 Å². The second kappa shape index (κ2) is 12.7. The standard InChI is InChI=1S/C51H50N4O2/c1-30-25-32(26-39-46(30)57-43-22-20-35-23-24-52-47(39)54(35)43)36-17-14-18-42-44(36)53-48(38-28-34(50(5,6)7)29-40(45(38)56)51(8,9)10)55(42)41-21-19-33(49(2,3)4)27-37(41)31-15-12-11-13-16-31/h11-29,56H,1-10H3. The van der Waals surface area contributed by atoms with Gasteiger partial charge < -0.3 is 9.84 Å². The zero-order chi connectivity index (χ0) is 40.2. The van der Waals surface area contributed by atoms with Gasteiger partial charge in [0.1, 0.15) is 17.3 Å². The molecule has 0 radical (unpaired) electrons. The maximum absolute atomic E-state index is 12.4. The molecule has 0 amide bonds. The summed E-state index contributed by atoms with van der Waals surface area (Å²) in [6, 6.07) is 38.6. The highest BCUT2D eigenvalue weighted by Gasteiger charge is 2.30. The van der Waals surface area contributed by atoms with Crippen molar-refractivity contribution in [3.63, 3.8) is 0 Å². The smallest absolute Gasteiger partial charge is 0.206 e. The predicted molar refractivity (Wildman–Crippen MR) is 234 cm³/mol. The number of imidazole rings is 1. The summed E-state index contributed by atoms with van der Waals surface area (Å²) >= 11 is 0. The molecule has 0 spiro atoms. The molecule has 0 fully saturated rings. The fourth-order valence-corrected chi connectivity index (χ4v) is 8.25. The van der Waals surface area contributed by atoms with E-state index in [9.17, 15) is 5.11 Å². The van der Waals surface area contributed by atoms with Crippen LogP contribution in [0.3, 0.4) is 0 Å². The van der Waals surface area contributed by atoms with Crippen LogP contribution in [0.1, 0.15) is 84.6 Å². The highest BCUT2D eigenvalue weighted by atomic mass is 16.5. The molecule has 6 nitrogen and oxygen atoms in total. The van der Waals surface area contributed by atoms with E-state index in [2.05, 4.69) is 175 Å². The molecule has 9 rings (SSSR count). The predicted octanol–water partition coefficient (Wildman–Crippen LogP) is 13.4. The highest BCUT2D eigenvalue weighted by Crippen LogP contribution is 2.48. The number of benzene rings is 5. The first-order valence-corrected chi connectivity index (χ1v) is 19.9. The summed E-state index contributed by atoms with van der Waals surface area (Å²) in [5.74, 6) is 3.37. The molecule has 57 heavy (non-hydrogen) atoms. The molecule has 6 heteroatoms. The number of hydrogen-bond acceptors (Lipinski definition) is 4. The van der Waals surface area contributed by atoms with E-state index in [-0.39, 0.29) is 22.0 Å². The van der Waals surface area contributed by atoms with Crippen molar-refractivity contribution in [1.29, 1.82) is 0 Å². The van der Waals surface area contributed by atoms with E-state index in [1.54, 1.807) is 0 Å². The number of hydrogen-bond donors (Lipinski definition) is 1. The maximum Gasteiger partial charge on any atom is 0.206 e. The van der Waals surface area contributed by atoms with Crippen LogP contribution in [-0.2, 0) is 16.2 Å².